The second kappa shape index (κ2) is 6.55. The van der Waals surface area contributed by atoms with Gasteiger partial charge in [0.15, 0.2) is 9.84 Å². The van der Waals surface area contributed by atoms with Gasteiger partial charge in [0, 0.05) is 21.9 Å². The highest BCUT2D eigenvalue weighted by molar-refractivity contribution is 9.10. The van der Waals surface area contributed by atoms with Gasteiger partial charge in [-0.3, -0.25) is 0 Å². The zero-order valence-corrected chi connectivity index (χ0v) is 15.7. The normalized spacial score (nSPS) is 12.3. The van der Waals surface area contributed by atoms with Crippen LogP contribution in [-0.4, -0.2) is 24.6 Å². The van der Waals surface area contributed by atoms with E-state index < -0.39 is 21.7 Å². The third-order valence-electron chi connectivity index (χ3n) is 3.66. The minimum atomic E-state index is -4.63. The fourth-order valence-corrected chi connectivity index (χ4v) is 3.29. The van der Waals surface area contributed by atoms with Gasteiger partial charge in [0.25, 0.3) is 0 Å². The van der Waals surface area contributed by atoms with Crippen LogP contribution in [0.5, 0.6) is 0 Å². The topological polar surface area (TPSA) is 62.8 Å². The Labute approximate surface area is 156 Å². The summed E-state index contributed by atoms with van der Waals surface area (Å²) in [4.78, 5) is 6.46. The van der Waals surface area contributed by atoms with E-state index in [-0.39, 0.29) is 22.0 Å². The van der Waals surface area contributed by atoms with Crippen LogP contribution in [0, 0.1) is 0 Å². The highest BCUT2D eigenvalue weighted by atomic mass is 79.9. The van der Waals surface area contributed by atoms with Crippen LogP contribution < -0.4 is 0 Å². The minimum absolute atomic E-state index is 0.0264. The zero-order chi connectivity index (χ0) is 19.1. The average Bonchev–Trinajstić information content (AvgIpc) is 3.00. The Morgan fingerprint density at radius 1 is 0.962 bits per heavy atom. The van der Waals surface area contributed by atoms with Gasteiger partial charge in [0.1, 0.15) is 17.2 Å². The first-order valence-corrected chi connectivity index (χ1v) is 9.98. The maximum absolute atomic E-state index is 13.4. The van der Waals surface area contributed by atoms with Crippen molar-refractivity contribution in [1.82, 2.24) is 9.97 Å². The average molecular weight is 445 g/mol. The molecule has 9 heteroatoms. The quantitative estimate of drug-likeness (QED) is 0.622. The molecule has 0 atom stereocenters. The summed E-state index contributed by atoms with van der Waals surface area (Å²) in [7, 11) is -3.44. The van der Waals surface area contributed by atoms with E-state index in [0.717, 1.165) is 10.7 Å². The molecule has 0 unspecified atom stereocenters. The van der Waals surface area contributed by atoms with Gasteiger partial charge < -0.3 is 4.98 Å². The van der Waals surface area contributed by atoms with Gasteiger partial charge in [-0.25, -0.2) is 13.4 Å². The second-order valence-corrected chi connectivity index (χ2v) is 8.54. The molecule has 1 aromatic heterocycles. The number of aromatic amines is 1. The van der Waals surface area contributed by atoms with Crippen molar-refractivity contribution < 1.29 is 21.6 Å². The monoisotopic (exact) mass is 444 g/mol. The molecular formula is C17H12BrF3N2O2S. The van der Waals surface area contributed by atoms with Crippen molar-refractivity contribution in [3.63, 3.8) is 0 Å². The summed E-state index contributed by atoms with van der Waals surface area (Å²) in [6, 6.07) is 11.8. The van der Waals surface area contributed by atoms with Crippen LogP contribution >= 0.6 is 15.9 Å². The maximum Gasteiger partial charge on any atom is 0.433 e. The van der Waals surface area contributed by atoms with E-state index in [1.165, 1.54) is 24.3 Å². The fraction of sp³-hybridized carbons (Fsp3) is 0.118. The predicted octanol–water partition coefficient (Wildman–Crippen LogP) is 4.93. The van der Waals surface area contributed by atoms with Crippen LogP contribution in [0.3, 0.4) is 0 Å². The third kappa shape index (κ3) is 3.83. The second-order valence-electron chi connectivity index (χ2n) is 5.61. The van der Waals surface area contributed by atoms with Crippen LogP contribution in [-0.2, 0) is 16.0 Å². The third-order valence-corrected chi connectivity index (χ3v) is 5.32. The lowest BCUT2D eigenvalue weighted by molar-refractivity contribution is -0.140. The number of benzene rings is 2. The number of hydrogen-bond acceptors (Lipinski definition) is 3. The Bertz CT molecular complexity index is 1040. The number of rotatable bonds is 3. The molecule has 0 bridgehead atoms. The smallest absolute Gasteiger partial charge is 0.334 e. The predicted molar refractivity (Wildman–Crippen MR) is 95.3 cm³/mol. The van der Waals surface area contributed by atoms with Crippen molar-refractivity contribution >= 4 is 25.8 Å². The number of halogens is 4. The lowest BCUT2D eigenvalue weighted by Gasteiger charge is -2.07. The van der Waals surface area contributed by atoms with Gasteiger partial charge in [0.05, 0.1) is 4.90 Å². The summed E-state index contributed by atoms with van der Waals surface area (Å²) in [5.41, 5.74) is -0.597. The molecule has 0 aliphatic heterocycles. The number of nitrogens with zero attached hydrogens (tertiary/aromatic N) is 1. The van der Waals surface area contributed by atoms with Gasteiger partial charge in [-0.15, -0.1) is 0 Å². The van der Waals surface area contributed by atoms with Gasteiger partial charge >= 0.3 is 6.18 Å². The highest BCUT2D eigenvalue weighted by Gasteiger charge is 2.37. The molecular weight excluding hydrogens is 433 g/mol. The van der Waals surface area contributed by atoms with Crippen molar-refractivity contribution in [3.05, 3.63) is 58.7 Å². The van der Waals surface area contributed by atoms with Crippen LogP contribution in [0.4, 0.5) is 13.2 Å². The number of aromatic nitrogens is 2. The van der Waals surface area contributed by atoms with E-state index in [1.807, 2.05) is 0 Å². The molecule has 3 aromatic rings. The minimum Gasteiger partial charge on any atom is -0.334 e. The number of H-pyrrole nitrogens is 1. The van der Waals surface area contributed by atoms with Crippen LogP contribution in [0.15, 0.2) is 57.9 Å². The number of imidazole rings is 1. The van der Waals surface area contributed by atoms with Gasteiger partial charge in [-0.1, -0.05) is 40.2 Å². The number of sulfone groups is 1. The molecule has 0 radical (unpaired) electrons. The molecule has 0 aliphatic rings. The molecule has 1 N–H and O–H groups in total. The summed E-state index contributed by atoms with van der Waals surface area (Å²) >= 11 is 3.27. The lowest BCUT2D eigenvalue weighted by Crippen LogP contribution is -2.07. The first-order chi connectivity index (χ1) is 12.1. The van der Waals surface area contributed by atoms with E-state index >= 15 is 0 Å². The van der Waals surface area contributed by atoms with Gasteiger partial charge in [-0.05, 0) is 24.3 Å². The molecule has 0 amide bonds. The summed E-state index contributed by atoms with van der Waals surface area (Å²) < 4.78 is 64.1. The lowest BCUT2D eigenvalue weighted by atomic mass is 10.1. The van der Waals surface area contributed by atoms with Crippen LogP contribution in [0.2, 0.25) is 0 Å². The molecule has 0 saturated heterocycles. The largest absolute Gasteiger partial charge is 0.433 e. The summed E-state index contributed by atoms with van der Waals surface area (Å²) in [5, 5.41) is 0. The fourth-order valence-electron chi connectivity index (χ4n) is 2.39. The van der Waals surface area contributed by atoms with Crippen molar-refractivity contribution in [2.24, 2.45) is 0 Å². The summed E-state index contributed by atoms with van der Waals surface area (Å²) in [6.45, 7) is 0. The Morgan fingerprint density at radius 3 is 2.00 bits per heavy atom. The van der Waals surface area contributed by atoms with E-state index in [0.29, 0.717) is 5.56 Å². The summed E-state index contributed by atoms with van der Waals surface area (Å²) in [6.07, 6.45) is -3.60. The van der Waals surface area contributed by atoms with Crippen LogP contribution in [0.25, 0.3) is 22.6 Å². The number of hydrogen-bond donors (Lipinski definition) is 1. The SMILES string of the molecule is CS(=O)(=O)c1ccc(-c2nc(-c3ccc(Br)cc3)[nH]c2C(F)(F)F)cc1. The van der Waals surface area contributed by atoms with E-state index in [4.69, 9.17) is 0 Å². The van der Waals surface area contributed by atoms with Crippen molar-refractivity contribution in [3.8, 4) is 22.6 Å². The van der Waals surface area contributed by atoms with Crippen molar-refractivity contribution in [1.29, 1.82) is 0 Å². The molecule has 1 heterocycles. The van der Waals surface area contributed by atoms with Crippen molar-refractivity contribution in [2.75, 3.05) is 6.26 Å². The Kier molecular flexibility index (Phi) is 4.70. The van der Waals surface area contributed by atoms with E-state index in [9.17, 15) is 21.6 Å². The first-order valence-electron chi connectivity index (χ1n) is 7.29. The Morgan fingerprint density at radius 2 is 1.50 bits per heavy atom. The summed E-state index contributed by atoms with van der Waals surface area (Å²) in [5.74, 6) is 0.0759. The standard InChI is InChI=1S/C17H12BrF3N2O2S/c1-26(24,25)13-8-4-10(5-9-13)14-15(17(19,20)21)23-16(22-14)11-2-6-12(18)7-3-11/h2-9H,1H3,(H,22,23). The molecule has 0 fully saturated rings. The zero-order valence-electron chi connectivity index (χ0n) is 13.3. The molecule has 136 valence electrons. The van der Waals surface area contributed by atoms with Gasteiger partial charge in [0.2, 0.25) is 0 Å². The van der Waals surface area contributed by atoms with Crippen LogP contribution in [0.1, 0.15) is 5.69 Å². The number of nitrogens with one attached hydrogen (secondary N) is 1. The highest BCUT2D eigenvalue weighted by Crippen LogP contribution is 2.37. The molecule has 0 saturated carbocycles. The molecule has 0 aliphatic carbocycles. The van der Waals surface area contributed by atoms with E-state index in [1.54, 1.807) is 24.3 Å². The molecule has 3 rings (SSSR count). The molecule has 26 heavy (non-hydrogen) atoms. The molecule has 4 nitrogen and oxygen atoms in total. The van der Waals surface area contributed by atoms with Gasteiger partial charge in [-0.2, -0.15) is 13.2 Å². The Hall–Kier alpha value is -2.13. The number of alkyl halides is 3. The maximum atomic E-state index is 13.4. The van der Waals surface area contributed by atoms with E-state index in [2.05, 4.69) is 25.9 Å². The molecule has 2 aromatic carbocycles. The Balaban J connectivity index is 2.12. The van der Waals surface area contributed by atoms with Crippen molar-refractivity contribution in [2.45, 2.75) is 11.1 Å². The first kappa shape index (κ1) is 18.7. The molecule has 0 spiro atoms.